The molecule has 0 radical (unpaired) electrons. The molecule has 4 heterocycles. The van der Waals surface area contributed by atoms with Crippen molar-refractivity contribution in [3.05, 3.63) is 170 Å². The number of rotatable bonds is 5. The fourth-order valence-corrected chi connectivity index (χ4v) is 7.65. The van der Waals surface area contributed by atoms with Gasteiger partial charge in [-0.25, -0.2) is 19.9 Å². The number of hydrogen-bond acceptors (Lipinski definition) is 6. The normalized spacial score (nSPS) is 11.7. The third-order valence-corrected chi connectivity index (χ3v) is 10.1. The summed E-state index contributed by atoms with van der Waals surface area (Å²) in [5.74, 6) is 1.82. The molecule has 0 N–H and O–H groups in total. The van der Waals surface area contributed by atoms with Gasteiger partial charge in [0.2, 0.25) is 0 Å². The quantitative estimate of drug-likeness (QED) is 0.179. The van der Waals surface area contributed by atoms with Crippen LogP contribution in [-0.2, 0) is 0 Å². The van der Waals surface area contributed by atoms with Crippen molar-refractivity contribution in [3.8, 4) is 56.5 Å². The lowest BCUT2D eigenvalue weighted by Gasteiger charge is -2.12. The SMILES string of the molecule is c1ccc(-c2nc(-c3ccccc3)nc(-c3ccc4oc5cccc(-c6cc(-c7cccc8oc9ccccc9c78)c7ccccc7n6)c5c4c3)n2)cc1. The summed E-state index contributed by atoms with van der Waals surface area (Å²) in [6.45, 7) is 0. The lowest BCUT2D eigenvalue weighted by atomic mass is 9.94. The van der Waals surface area contributed by atoms with Crippen LogP contribution in [0.5, 0.6) is 0 Å². The molecule has 0 atom stereocenters. The summed E-state index contributed by atoms with van der Waals surface area (Å²) >= 11 is 0. The minimum Gasteiger partial charge on any atom is -0.456 e. The second-order valence-electron chi connectivity index (χ2n) is 13.4. The van der Waals surface area contributed by atoms with E-state index in [0.29, 0.717) is 17.5 Å². The van der Waals surface area contributed by atoms with Crippen LogP contribution in [0.1, 0.15) is 0 Å². The zero-order chi connectivity index (χ0) is 35.6. The maximum atomic E-state index is 6.50. The number of aromatic nitrogens is 4. The molecule has 6 heteroatoms. The van der Waals surface area contributed by atoms with E-state index >= 15 is 0 Å². The Morgan fingerprint density at radius 1 is 0.315 bits per heavy atom. The van der Waals surface area contributed by atoms with Gasteiger partial charge in [-0.2, -0.15) is 0 Å². The molecule has 54 heavy (non-hydrogen) atoms. The van der Waals surface area contributed by atoms with Crippen LogP contribution in [0.4, 0.5) is 0 Å². The van der Waals surface area contributed by atoms with Crippen LogP contribution in [0.2, 0.25) is 0 Å². The van der Waals surface area contributed by atoms with Gasteiger partial charge in [-0.05, 0) is 59.7 Å². The average Bonchev–Trinajstić information content (AvgIpc) is 3.82. The molecule has 7 aromatic carbocycles. The standard InChI is InChI=1S/C48H28N4O2/c1-3-13-29(14-4-1)46-50-47(30-15-5-2-6-16-30)52-48(51-46)31-25-26-41-37(27-31)45-34(20-12-24-43(45)54-41)39-28-36(32-17-7-9-21-38(32)49-39)33-19-11-23-42-44(33)35-18-8-10-22-40(35)53-42/h1-28H. The Morgan fingerprint density at radius 3 is 1.56 bits per heavy atom. The third-order valence-electron chi connectivity index (χ3n) is 10.1. The minimum atomic E-state index is 0.586. The summed E-state index contributed by atoms with van der Waals surface area (Å²) < 4.78 is 12.8. The number of hydrogen-bond donors (Lipinski definition) is 0. The van der Waals surface area contributed by atoms with Gasteiger partial charge in [0.25, 0.3) is 0 Å². The van der Waals surface area contributed by atoms with E-state index in [1.165, 1.54) is 0 Å². The van der Waals surface area contributed by atoms with Gasteiger partial charge >= 0.3 is 0 Å². The molecule has 0 aliphatic heterocycles. The van der Waals surface area contributed by atoms with Crippen molar-refractivity contribution in [1.82, 2.24) is 19.9 Å². The lowest BCUT2D eigenvalue weighted by Crippen LogP contribution is -2.00. The van der Waals surface area contributed by atoms with Gasteiger partial charge in [0.1, 0.15) is 22.3 Å². The summed E-state index contributed by atoms with van der Waals surface area (Å²) in [7, 11) is 0. The van der Waals surface area contributed by atoms with Crippen LogP contribution in [0.3, 0.4) is 0 Å². The maximum Gasteiger partial charge on any atom is 0.164 e. The molecule has 11 aromatic rings. The highest BCUT2D eigenvalue weighted by molar-refractivity contribution is 6.17. The van der Waals surface area contributed by atoms with Crippen LogP contribution in [0.15, 0.2) is 179 Å². The molecular weight excluding hydrogens is 665 g/mol. The van der Waals surface area contributed by atoms with Crippen molar-refractivity contribution in [2.75, 3.05) is 0 Å². The molecule has 0 aliphatic rings. The first-order valence-corrected chi connectivity index (χ1v) is 17.9. The van der Waals surface area contributed by atoms with E-state index in [-0.39, 0.29) is 0 Å². The molecule has 4 aromatic heterocycles. The Bertz CT molecular complexity index is 3160. The fraction of sp³-hybridized carbons (Fsp3) is 0. The predicted molar refractivity (Wildman–Crippen MR) is 217 cm³/mol. The molecule has 11 rings (SSSR count). The van der Waals surface area contributed by atoms with Gasteiger partial charge in [-0.3, -0.25) is 0 Å². The van der Waals surface area contributed by atoms with E-state index in [1.54, 1.807) is 0 Å². The zero-order valence-electron chi connectivity index (χ0n) is 28.8. The molecule has 0 bridgehead atoms. The molecule has 252 valence electrons. The monoisotopic (exact) mass is 692 g/mol. The summed E-state index contributed by atoms with van der Waals surface area (Å²) in [5, 5.41) is 5.19. The van der Waals surface area contributed by atoms with Crippen LogP contribution < -0.4 is 0 Å². The van der Waals surface area contributed by atoms with Crippen molar-refractivity contribution >= 4 is 54.8 Å². The number of pyridine rings is 1. The molecule has 6 nitrogen and oxygen atoms in total. The number of nitrogens with zero attached hydrogens (tertiary/aromatic N) is 4. The fourth-order valence-electron chi connectivity index (χ4n) is 7.65. The topological polar surface area (TPSA) is 77.8 Å². The predicted octanol–water partition coefficient (Wildman–Crippen LogP) is 12.6. The first-order valence-electron chi connectivity index (χ1n) is 17.9. The number of fused-ring (bicyclic) bond motifs is 7. The van der Waals surface area contributed by atoms with Gasteiger partial charge in [0.05, 0.1) is 11.2 Å². The molecule has 0 spiro atoms. The molecule has 0 fully saturated rings. The van der Waals surface area contributed by atoms with Gasteiger partial charge in [0, 0.05) is 49.2 Å². The summed E-state index contributed by atoms with van der Waals surface area (Å²) in [6.07, 6.45) is 0. The highest BCUT2D eigenvalue weighted by Gasteiger charge is 2.20. The van der Waals surface area contributed by atoms with E-state index in [0.717, 1.165) is 93.9 Å². The number of para-hydroxylation sites is 2. The van der Waals surface area contributed by atoms with Crippen molar-refractivity contribution in [1.29, 1.82) is 0 Å². The molecule has 0 unspecified atom stereocenters. The highest BCUT2D eigenvalue weighted by atomic mass is 16.3. The van der Waals surface area contributed by atoms with Gasteiger partial charge in [0.15, 0.2) is 17.5 Å². The maximum absolute atomic E-state index is 6.50. The van der Waals surface area contributed by atoms with Crippen molar-refractivity contribution in [2.24, 2.45) is 0 Å². The molecular formula is C48H28N4O2. The van der Waals surface area contributed by atoms with E-state index in [2.05, 4.69) is 60.7 Å². The zero-order valence-corrected chi connectivity index (χ0v) is 28.8. The number of benzene rings is 7. The molecule has 0 saturated heterocycles. The van der Waals surface area contributed by atoms with Crippen molar-refractivity contribution in [3.63, 3.8) is 0 Å². The first-order chi connectivity index (χ1) is 26.7. The first kappa shape index (κ1) is 30.2. The summed E-state index contributed by atoms with van der Waals surface area (Å²) in [6, 6.07) is 57.4. The van der Waals surface area contributed by atoms with E-state index in [9.17, 15) is 0 Å². The molecule has 0 amide bonds. The van der Waals surface area contributed by atoms with Gasteiger partial charge < -0.3 is 8.83 Å². The Kier molecular flexibility index (Phi) is 6.75. The minimum absolute atomic E-state index is 0.586. The molecule has 0 saturated carbocycles. The number of furan rings is 2. The Labute approximate surface area is 309 Å². The third kappa shape index (κ3) is 4.89. The van der Waals surface area contributed by atoms with E-state index in [4.69, 9.17) is 28.8 Å². The smallest absolute Gasteiger partial charge is 0.164 e. The summed E-state index contributed by atoms with van der Waals surface area (Å²) in [4.78, 5) is 20.2. The Balaban J connectivity index is 1.13. The van der Waals surface area contributed by atoms with Crippen molar-refractivity contribution < 1.29 is 8.83 Å². The Hall–Kier alpha value is -7.44. The lowest BCUT2D eigenvalue weighted by molar-refractivity contribution is 0.668. The van der Waals surface area contributed by atoms with Crippen LogP contribution >= 0.6 is 0 Å². The van der Waals surface area contributed by atoms with Crippen molar-refractivity contribution in [2.45, 2.75) is 0 Å². The average molecular weight is 693 g/mol. The second-order valence-corrected chi connectivity index (χ2v) is 13.4. The second kappa shape index (κ2) is 12.1. The largest absolute Gasteiger partial charge is 0.456 e. The van der Waals surface area contributed by atoms with E-state index in [1.807, 2.05) is 109 Å². The highest BCUT2D eigenvalue weighted by Crippen LogP contribution is 2.43. The van der Waals surface area contributed by atoms with Gasteiger partial charge in [-0.1, -0.05) is 121 Å². The Morgan fingerprint density at radius 2 is 0.852 bits per heavy atom. The van der Waals surface area contributed by atoms with Crippen LogP contribution in [0, 0.1) is 0 Å². The van der Waals surface area contributed by atoms with Crippen LogP contribution in [0.25, 0.3) is 111 Å². The van der Waals surface area contributed by atoms with Gasteiger partial charge in [-0.15, -0.1) is 0 Å². The van der Waals surface area contributed by atoms with Crippen LogP contribution in [-0.4, -0.2) is 19.9 Å². The van der Waals surface area contributed by atoms with E-state index < -0.39 is 0 Å². The summed E-state index contributed by atoms with van der Waals surface area (Å²) in [5.41, 5.74) is 10.9. The molecule has 0 aliphatic carbocycles.